The van der Waals surface area contributed by atoms with E-state index in [4.69, 9.17) is 18.9 Å². The van der Waals surface area contributed by atoms with Crippen LogP contribution < -0.4 is 0 Å². The minimum absolute atomic E-state index is 0.0217. The van der Waals surface area contributed by atoms with Crippen molar-refractivity contribution < 1.29 is 69.7 Å². The Kier molecular flexibility index (Phi) is 12.0. The van der Waals surface area contributed by atoms with Gasteiger partial charge in [0.2, 0.25) is 0 Å². The molecule has 2 saturated heterocycles. The summed E-state index contributed by atoms with van der Waals surface area (Å²) in [6.07, 6.45) is -4.69. The Morgan fingerprint density at radius 1 is 0.836 bits per heavy atom. The summed E-state index contributed by atoms with van der Waals surface area (Å²) in [4.78, 5) is 14.5. The van der Waals surface area contributed by atoms with Crippen LogP contribution in [0.25, 0.3) is 0 Å². The normalized spacial score (nSPS) is 49.9. The molecule has 0 bridgehead atoms. The lowest BCUT2D eigenvalue weighted by atomic mass is 9.35. The topological polar surface area (TPSA) is 236 Å². The van der Waals surface area contributed by atoms with Gasteiger partial charge in [-0.3, -0.25) is 4.79 Å². The Hall–Kier alpha value is -1.11. The van der Waals surface area contributed by atoms with Crippen molar-refractivity contribution in [1.29, 1.82) is 0 Å². The van der Waals surface area contributed by atoms with Crippen molar-refractivity contribution in [1.82, 2.24) is 0 Å². The van der Waals surface area contributed by atoms with Crippen LogP contribution in [0.3, 0.4) is 0 Å². The van der Waals surface area contributed by atoms with Crippen LogP contribution in [0.1, 0.15) is 99.8 Å². The number of aliphatic hydroxyl groups is 9. The minimum Gasteiger partial charge on any atom is -0.394 e. The number of aliphatic hydroxyl groups excluding tert-OH is 7. The predicted octanol–water partition coefficient (Wildman–Crippen LogP) is 0.940. The highest BCUT2D eigenvalue weighted by atomic mass is 16.7. The first-order valence-electron chi connectivity index (χ1n) is 20.3. The highest BCUT2D eigenvalue weighted by Gasteiger charge is 2.73. The fourth-order valence-electron chi connectivity index (χ4n) is 12.8. The summed E-state index contributed by atoms with van der Waals surface area (Å²) in [7, 11) is 0. The Bertz CT molecular complexity index is 1410. The second-order valence-corrected chi connectivity index (χ2v) is 19.9. The van der Waals surface area contributed by atoms with Crippen molar-refractivity contribution in [3.63, 3.8) is 0 Å². The Morgan fingerprint density at radius 3 is 2.16 bits per heavy atom. The molecule has 18 atom stereocenters. The van der Waals surface area contributed by atoms with E-state index in [0.29, 0.717) is 12.8 Å². The van der Waals surface area contributed by atoms with Crippen LogP contribution in [0.5, 0.6) is 0 Å². The van der Waals surface area contributed by atoms with Gasteiger partial charge in [-0.1, -0.05) is 39.8 Å². The van der Waals surface area contributed by atoms with Crippen LogP contribution in [0.4, 0.5) is 0 Å². The van der Waals surface area contributed by atoms with Crippen molar-refractivity contribution >= 4 is 5.78 Å². The van der Waals surface area contributed by atoms with Crippen LogP contribution in [-0.2, 0) is 23.7 Å². The van der Waals surface area contributed by atoms with Gasteiger partial charge in [0.05, 0.1) is 37.1 Å². The number of hydrogen-bond acceptors (Lipinski definition) is 14. The number of hydrogen-bond donors (Lipinski definition) is 9. The van der Waals surface area contributed by atoms with E-state index < -0.39 is 89.9 Å². The molecule has 4 saturated carbocycles. The number of rotatable bonds is 10. The van der Waals surface area contributed by atoms with Gasteiger partial charge in [0.1, 0.15) is 48.5 Å². The van der Waals surface area contributed by atoms with Crippen LogP contribution in [-0.4, -0.2) is 144 Å². The van der Waals surface area contributed by atoms with Gasteiger partial charge in [-0.25, -0.2) is 0 Å². The van der Waals surface area contributed by atoms with Crippen molar-refractivity contribution in [2.24, 2.45) is 45.3 Å². The number of carbonyl (C=O) groups is 1. The molecule has 14 nitrogen and oxygen atoms in total. The molecule has 6 rings (SSSR count). The fourth-order valence-corrected chi connectivity index (χ4v) is 12.8. The van der Waals surface area contributed by atoms with Crippen LogP contribution >= 0.6 is 0 Å². The third-order valence-electron chi connectivity index (χ3n) is 15.7. The predicted molar refractivity (Wildman–Crippen MR) is 197 cm³/mol. The highest BCUT2D eigenvalue weighted by molar-refractivity contribution is 5.86. The van der Waals surface area contributed by atoms with Crippen molar-refractivity contribution in [3.05, 3.63) is 12.2 Å². The Labute approximate surface area is 324 Å². The third kappa shape index (κ3) is 7.31. The number of ether oxygens (including phenoxy) is 4. The number of fused-ring (bicyclic) bond motifs is 5. The molecule has 0 amide bonds. The summed E-state index contributed by atoms with van der Waals surface area (Å²) in [6.45, 7) is 13.1. The molecule has 6 fully saturated rings. The smallest absolute Gasteiger partial charge is 0.186 e. The summed E-state index contributed by atoms with van der Waals surface area (Å²) in [6, 6.07) is 0. The largest absolute Gasteiger partial charge is 0.394 e. The zero-order valence-electron chi connectivity index (χ0n) is 33.6. The SMILES string of the molecule is CC(C)(O)/C=C/CC(C)(O)C1C(=O)CC2(COC3OC(CO)C(O)C(O)C3O)C1CCC1C3(C)CCC(OC4OCC(O)C(O)C4O)C(C)(C)C3CCC12C. The van der Waals surface area contributed by atoms with Gasteiger partial charge in [0.15, 0.2) is 12.6 Å². The first-order chi connectivity index (χ1) is 25.4. The van der Waals surface area contributed by atoms with Crippen LogP contribution in [0.2, 0.25) is 0 Å². The molecule has 4 aliphatic carbocycles. The standard InChI is InChI=1S/C41H68O14/c1-36(2,50)13-8-14-40(7,51)28-21-9-10-26-38(5)15-12-27(55-34-32(48)29(45)23(44)19-52-34)37(3,4)25(38)11-16-39(26,6)41(21,17-22(28)43)20-53-35-33(49)31(47)30(46)24(18-42)54-35/h8,13,21,23-35,42,44-51H,9-12,14-20H2,1-7H3/b13-8+. The summed E-state index contributed by atoms with van der Waals surface area (Å²) in [5.41, 5.74) is -4.46. The lowest BCUT2D eigenvalue weighted by Crippen LogP contribution is -2.66. The molecule has 0 aromatic carbocycles. The number of carbonyl (C=O) groups excluding carboxylic acids is 1. The zero-order valence-corrected chi connectivity index (χ0v) is 33.6. The average Bonchev–Trinajstić information content (AvgIpc) is 3.41. The van der Waals surface area contributed by atoms with E-state index in [1.165, 1.54) is 0 Å². The maximum atomic E-state index is 14.5. The van der Waals surface area contributed by atoms with Crippen LogP contribution in [0, 0.1) is 45.3 Å². The molecule has 18 unspecified atom stereocenters. The molecular formula is C41H68O14. The lowest BCUT2D eigenvalue weighted by molar-refractivity contribution is -0.323. The maximum Gasteiger partial charge on any atom is 0.186 e. The molecule has 2 aliphatic heterocycles. The second kappa shape index (κ2) is 15.2. The van der Waals surface area contributed by atoms with Crippen LogP contribution in [0.15, 0.2) is 12.2 Å². The number of ketones is 1. The Morgan fingerprint density at radius 2 is 1.51 bits per heavy atom. The molecule has 55 heavy (non-hydrogen) atoms. The zero-order chi connectivity index (χ0) is 40.7. The van der Waals surface area contributed by atoms with Crippen molar-refractivity contribution in [3.8, 4) is 0 Å². The molecule has 0 radical (unpaired) electrons. The van der Waals surface area contributed by atoms with Gasteiger partial charge in [0, 0.05) is 17.8 Å². The van der Waals surface area contributed by atoms with E-state index >= 15 is 0 Å². The summed E-state index contributed by atoms with van der Waals surface area (Å²) in [5.74, 6) is -0.855. The minimum atomic E-state index is -1.62. The van der Waals surface area contributed by atoms with Gasteiger partial charge in [-0.05, 0) is 99.7 Å². The first-order valence-corrected chi connectivity index (χ1v) is 20.3. The number of Topliss-reactive ketones (excluding diaryl/α,β-unsaturated/α-hetero) is 1. The fraction of sp³-hybridized carbons (Fsp3) is 0.927. The monoisotopic (exact) mass is 784 g/mol. The molecular weight excluding hydrogens is 716 g/mol. The molecule has 9 N–H and O–H groups in total. The molecule has 316 valence electrons. The van der Waals surface area contributed by atoms with Gasteiger partial charge < -0.3 is 64.9 Å². The highest BCUT2D eigenvalue weighted by Crippen LogP contribution is 2.75. The molecule has 0 spiro atoms. The van der Waals surface area contributed by atoms with Crippen molar-refractivity contribution in [2.75, 3.05) is 19.8 Å². The van der Waals surface area contributed by atoms with E-state index in [1.54, 1.807) is 32.9 Å². The average molecular weight is 785 g/mol. The van der Waals surface area contributed by atoms with Gasteiger partial charge >= 0.3 is 0 Å². The van der Waals surface area contributed by atoms with Gasteiger partial charge in [-0.2, -0.15) is 0 Å². The quantitative estimate of drug-likeness (QED) is 0.111. The van der Waals surface area contributed by atoms with E-state index in [2.05, 4.69) is 27.7 Å². The molecule has 14 heteroatoms. The second-order valence-electron chi connectivity index (χ2n) is 19.9. The summed E-state index contributed by atoms with van der Waals surface area (Å²) < 4.78 is 24.3. The first kappa shape index (κ1) is 43.5. The maximum absolute atomic E-state index is 14.5. The Balaban J connectivity index is 1.33. The lowest BCUT2D eigenvalue weighted by Gasteiger charge is -2.70. The summed E-state index contributed by atoms with van der Waals surface area (Å²) in [5, 5.41) is 95.4. The van der Waals surface area contributed by atoms with Gasteiger partial charge in [-0.15, -0.1) is 0 Å². The van der Waals surface area contributed by atoms with E-state index in [-0.39, 0.29) is 66.5 Å². The summed E-state index contributed by atoms with van der Waals surface area (Å²) >= 11 is 0. The third-order valence-corrected chi connectivity index (χ3v) is 15.7. The molecule has 0 aromatic rings. The van der Waals surface area contributed by atoms with E-state index in [1.807, 2.05) is 0 Å². The molecule has 2 heterocycles. The van der Waals surface area contributed by atoms with E-state index in [9.17, 15) is 50.8 Å². The molecule has 0 aromatic heterocycles. The molecule has 6 aliphatic rings. The van der Waals surface area contributed by atoms with E-state index in [0.717, 1.165) is 25.7 Å². The van der Waals surface area contributed by atoms with Gasteiger partial charge in [0.25, 0.3) is 0 Å². The van der Waals surface area contributed by atoms with Crippen molar-refractivity contribution in [2.45, 2.75) is 172 Å².